The third-order valence-corrected chi connectivity index (χ3v) is 4.40. The molecule has 3 aromatic rings. The fraction of sp³-hybridized carbons (Fsp3) is 0.312. The molecule has 7 nitrogen and oxygen atoms in total. The average molecular weight is 310 g/mol. The van der Waals surface area contributed by atoms with Crippen LogP contribution in [0.15, 0.2) is 36.7 Å². The van der Waals surface area contributed by atoms with E-state index in [-0.39, 0.29) is 12.1 Å². The van der Waals surface area contributed by atoms with Crippen LogP contribution in [0.25, 0.3) is 17.0 Å². The van der Waals surface area contributed by atoms with Crippen LogP contribution in [0.4, 0.5) is 4.79 Å². The molecular formula is C16H18N6O. The minimum atomic E-state index is -0.366. The molecule has 1 atom stereocenters. The summed E-state index contributed by atoms with van der Waals surface area (Å²) in [7, 11) is 0. The van der Waals surface area contributed by atoms with Crippen LogP contribution in [0.2, 0.25) is 0 Å². The number of nitrogens with two attached hydrogens (primary N) is 1. The third-order valence-electron chi connectivity index (χ3n) is 4.40. The molecule has 0 radical (unpaired) electrons. The number of carbonyl (C=O) groups is 1. The molecule has 3 N–H and O–H groups in total. The Labute approximate surface area is 133 Å². The number of rotatable bonds is 2. The first-order valence-corrected chi connectivity index (χ1v) is 7.79. The Morgan fingerprint density at radius 2 is 2.22 bits per heavy atom. The lowest BCUT2D eigenvalue weighted by molar-refractivity contribution is 0.160. The third kappa shape index (κ3) is 2.34. The molecule has 4 rings (SSSR count). The zero-order valence-corrected chi connectivity index (χ0v) is 12.6. The summed E-state index contributed by atoms with van der Waals surface area (Å²) in [6.45, 7) is 0.701. The number of nitrogens with one attached hydrogen (secondary N) is 1. The number of nitrogens with zero attached hydrogens (tertiary/aromatic N) is 4. The number of aromatic amines is 1. The van der Waals surface area contributed by atoms with Crippen LogP contribution in [0.1, 0.15) is 30.9 Å². The summed E-state index contributed by atoms with van der Waals surface area (Å²) >= 11 is 0. The van der Waals surface area contributed by atoms with E-state index in [1.54, 1.807) is 15.8 Å². The van der Waals surface area contributed by atoms with E-state index in [9.17, 15) is 4.79 Å². The topological polar surface area (TPSA) is 92.8 Å². The highest BCUT2D eigenvalue weighted by Gasteiger charge is 2.28. The average Bonchev–Trinajstić information content (AvgIpc) is 3.23. The number of imidazole rings is 1. The Bertz CT molecular complexity index is 838. The van der Waals surface area contributed by atoms with Crippen molar-refractivity contribution in [2.75, 3.05) is 6.54 Å². The SMILES string of the molecule is NC(=O)N1CCCCC1c1cccc2[nH]c(-n3cccn3)nc12. The van der Waals surface area contributed by atoms with Crippen molar-refractivity contribution in [1.82, 2.24) is 24.6 Å². The van der Waals surface area contributed by atoms with Crippen LogP contribution in [-0.2, 0) is 0 Å². The summed E-state index contributed by atoms with van der Waals surface area (Å²) in [5.41, 5.74) is 8.41. The summed E-state index contributed by atoms with van der Waals surface area (Å²) in [4.78, 5) is 21.5. The normalized spacial score (nSPS) is 18.4. The Morgan fingerprint density at radius 3 is 3.00 bits per heavy atom. The van der Waals surface area contributed by atoms with Crippen LogP contribution in [-0.4, -0.2) is 37.2 Å². The fourth-order valence-electron chi connectivity index (χ4n) is 3.33. The Hall–Kier alpha value is -2.83. The Morgan fingerprint density at radius 1 is 1.30 bits per heavy atom. The van der Waals surface area contributed by atoms with Crippen LogP contribution >= 0.6 is 0 Å². The van der Waals surface area contributed by atoms with E-state index < -0.39 is 0 Å². The van der Waals surface area contributed by atoms with Crippen LogP contribution in [0.3, 0.4) is 0 Å². The van der Waals surface area contributed by atoms with Gasteiger partial charge in [-0.2, -0.15) is 5.10 Å². The van der Waals surface area contributed by atoms with E-state index >= 15 is 0 Å². The molecule has 2 aromatic heterocycles. The zero-order valence-electron chi connectivity index (χ0n) is 12.6. The van der Waals surface area contributed by atoms with E-state index in [1.165, 1.54) is 0 Å². The second-order valence-electron chi connectivity index (χ2n) is 5.80. The number of primary amides is 1. The summed E-state index contributed by atoms with van der Waals surface area (Å²) < 4.78 is 1.69. The number of carbonyl (C=O) groups excluding carboxylic acids is 1. The van der Waals surface area contributed by atoms with Gasteiger partial charge in [0.25, 0.3) is 0 Å². The highest BCUT2D eigenvalue weighted by molar-refractivity contribution is 5.81. The summed E-state index contributed by atoms with van der Waals surface area (Å²) in [5.74, 6) is 0.666. The lowest BCUT2D eigenvalue weighted by atomic mass is 9.94. The quantitative estimate of drug-likeness (QED) is 0.761. The number of hydrogen-bond acceptors (Lipinski definition) is 3. The molecule has 1 aliphatic rings. The molecular weight excluding hydrogens is 292 g/mol. The number of H-pyrrole nitrogens is 1. The van der Waals surface area contributed by atoms with Crippen molar-refractivity contribution in [2.24, 2.45) is 5.73 Å². The molecule has 0 aliphatic carbocycles. The number of piperidine rings is 1. The van der Waals surface area contributed by atoms with Crippen molar-refractivity contribution < 1.29 is 4.79 Å². The van der Waals surface area contributed by atoms with Gasteiger partial charge in [0, 0.05) is 24.5 Å². The molecule has 1 saturated heterocycles. The molecule has 1 aliphatic heterocycles. The van der Waals surface area contributed by atoms with Gasteiger partial charge >= 0.3 is 6.03 Å². The van der Waals surface area contributed by atoms with Gasteiger partial charge in [-0.05, 0) is 31.4 Å². The number of aromatic nitrogens is 4. The molecule has 2 amide bonds. The van der Waals surface area contributed by atoms with Crippen molar-refractivity contribution >= 4 is 17.1 Å². The molecule has 1 fully saturated rings. The molecule has 0 bridgehead atoms. The number of likely N-dealkylation sites (tertiary alicyclic amines) is 1. The van der Waals surface area contributed by atoms with Crippen LogP contribution < -0.4 is 5.73 Å². The van der Waals surface area contributed by atoms with Crippen molar-refractivity contribution in [3.63, 3.8) is 0 Å². The molecule has 1 aromatic carbocycles. The molecule has 7 heteroatoms. The summed E-state index contributed by atoms with van der Waals surface area (Å²) in [5, 5.41) is 4.21. The van der Waals surface area contributed by atoms with Gasteiger partial charge < -0.3 is 15.6 Å². The first kappa shape index (κ1) is 13.8. The molecule has 3 heterocycles. The van der Waals surface area contributed by atoms with Crippen molar-refractivity contribution in [3.05, 3.63) is 42.2 Å². The minimum Gasteiger partial charge on any atom is -0.351 e. The predicted molar refractivity (Wildman–Crippen MR) is 86.1 cm³/mol. The van der Waals surface area contributed by atoms with Crippen molar-refractivity contribution in [2.45, 2.75) is 25.3 Å². The number of fused-ring (bicyclic) bond motifs is 1. The van der Waals surface area contributed by atoms with Crippen LogP contribution in [0.5, 0.6) is 0 Å². The summed E-state index contributed by atoms with van der Waals surface area (Å²) in [6, 6.07) is 7.46. The Kier molecular flexibility index (Phi) is 3.25. The monoisotopic (exact) mass is 310 g/mol. The van der Waals surface area contributed by atoms with Gasteiger partial charge in [0.2, 0.25) is 5.95 Å². The molecule has 0 saturated carbocycles. The number of benzene rings is 1. The van der Waals surface area contributed by atoms with Gasteiger partial charge in [-0.3, -0.25) is 0 Å². The smallest absolute Gasteiger partial charge is 0.315 e. The highest BCUT2D eigenvalue weighted by Crippen LogP contribution is 2.34. The van der Waals surface area contributed by atoms with Gasteiger partial charge in [0.15, 0.2) is 0 Å². The highest BCUT2D eigenvalue weighted by atomic mass is 16.2. The fourth-order valence-corrected chi connectivity index (χ4v) is 3.33. The number of hydrogen-bond donors (Lipinski definition) is 2. The van der Waals surface area contributed by atoms with E-state index in [0.29, 0.717) is 12.5 Å². The maximum Gasteiger partial charge on any atom is 0.315 e. The van der Waals surface area contributed by atoms with E-state index in [0.717, 1.165) is 35.9 Å². The van der Waals surface area contributed by atoms with Gasteiger partial charge in [-0.15, -0.1) is 0 Å². The molecule has 0 spiro atoms. The van der Waals surface area contributed by atoms with E-state index in [2.05, 4.69) is 10.1 Å². The first-order valence-electron chi connectivity index (χ1n) is 7.79. The maximum atomic E-state index is 11.8. The number of amides is 2. The van der Waals surface area contributed by atoms with Gasteiger partial charge in [0.05, 0.1) is 17.1 Å². The summed E-state index contributed by atoms with van der Waals surface area (Å²) in [6.07, 6.45) is 6.54. The predicted octanol–water partition coefficient (Wildman–Crippen LogP) is 2.35. The second kappa shape index (κ2) is 5.42. The lowest BCUT2D eigenvalue weighted by Crippen LogP contribution is -2.41. The standard InChI is InChI=1S/C16H18N6O/c17-15(23)21-9-2-1-7-13(21)11-5-3-6-12-14(11)20-16(19-12)22-10-4-8-18-22/h3-6,8,10,13H,1-2,7,9H2,(H2,17,23)(H,19,20). The number of para-hydroxylation sites is 1. The van der Waals surface area contributed by atoms with Crippen LogP contribution in [0, 0.1) is 0 Å². The molecule has 1 unspecified atom stereocenters. The molecule has 23 heavy (non-hydrogen) atoms. The van der Waals surface area contributed by atoms with E-state index in [4.69, 9.17) is 10.7 Å². The van der Waals surface area contributed by atoms with Gasteiger partial charge in [-0.25, -0.2) is 14.5 Å². The second-order valence-corrected chi connectivity index (χ2v) is 5.80. The largest absolute Gasteiger partial charge is 0.351 e. The lowest BCUT2D eigenvalue weighted by Gasteiger charge is -2.34. The minimum absolute atomic E-state index is 0.0151. The van der Waals surface area contributed by atoms with E-state index in [1.807, 2.05) is 30.5 Å². The molecule has 118 valence electrons. The van der Waals surface area contributed by atoms with Gasteiger partial charge in [-0.1, -0.05) is 12.1 Å². The van der Waals surface area contributed by atoms with Gasteiger partial charge in [0.1, 0.15) is 0 Å². The van der Waals surface area contributed by atoms with Crippen molar-refractivity contribution in [1.29, 1.82) is 0 Å². The van der Waals surface area contributed by atoms with Crippen molar-refractivity contribution in [3.8, 4) is 5.95 Å². The number of urea groups is 1. The Balaban J connectivity index is 1.81. The zero-order chi connectivity index (χ0) is 15.8. The maximum absolute atomic E-state index is 11.8. The first-order chi connectivity index (χ1) is 11.2.